The van der Waals surface area contributed by atoms with Gasteiger partial charge in [-0.25, -0.2) is 12.8 Å². The maximum Gasteiger partial charge on any atom is 0.244 e. The fourth-order valence-electron chi connectivity index (χ4n) is 2.58. The predicted molar refractivity (Wildman–Crippen MR) is 101 cm³/mol. The number of amides is 1. The number of nitrogens with zero attached hydrogens (tertiary/aromatic N) is 1. The summed E-state index contributed by atoms with van der Waals surface area (Å²) in [5.74, 6) is -0.807. The van der Waals surface area contributed by atoms with Gasteiger partial charge in [0, 0.05) is 11.6 Å². The fraction of sp³-hybridized carbons (Fsp3) is 0.278. The van der Waals surface area contributed by atoms with Gasteiger partial charge in [-0.3, -0.25) is 9.10 Å². The molecule has 0 fully saturated rings. The first-order chi connectivity index (χ1) is 12.2. The highest BCUT2D eigenvalue weighted by Gasteiger charge is 2.31. The zero-order valence-electron chi connectivity index (χ0n) is 14.4. The Hall–Kier alpha value is -2.12. The minimum Gasteiger partial charge on any atom is -0.350 e. The van der Waals surface area contributed by atoms with E-state index in [-0.39, 0.29) is 18.8 Å². The molecule has 5 nitrogen and oxygen atoms in total. The van der Waals surface area contributed by atoms with Gasteiger partial charge in [0.05, 0.1) is 11.9 Å². The van der Waals surface area contributed by atoms with E-state index in [4.69, 9.17) is 11.6 Å². The number of carbonyl (C=O) groups is 1. The van der Waals surface area contributed by atoms with E-state index in [1.807, 2.05) is 0 Å². The Kier molecular flexibility index (Phi) is 6.61. The SMILES string of the molecule is CCC(C(=O)NCc1ccc(F)cc1)N(c1cccc(Cl)c1)S(C)(=O)=O. The van der Waals surface area contributed by atoms with Crippen LogP contribution in [-0.2, 0) is 21.4 Å². The molecule has 8 heteroatoms. The maximum absolute atomic E-state index is 13.0. The second-order valence-electron chi connectivity index (χ2n) is 5.81. The van der Waals surface area contributed by atoms with E-state index < -0.39 is 22.0 Å². The molecule has 26 heavy (non-hydrogen) atoms. The van der Waals surface area contributed by atoms with Gasteiger partial charge in [0.1, 0.15) is 11.9 Å². The highest BCUT2D eigenvalue weighted by molar-refractivity contribution is 7.92. The third kappa shape index (κ3) is 5.19. The van der Waals surface area contributed by atoms with Crippen molar-refractivity contribution in [3.8, 4) is 0 Å². The third-order valence-electron chi connectivity index (χ3n) is 3.77. The number of carbonyl (C=O) groups excluding carboxylic acids is 1. The van der Waals surface area contributed by atoms with Crippen molar-refractivity contribution in [1.82, 2.24) is 5.32 Å². The first kappa shape index (κ1) is 20.2. The number of anilines is 1. The van der Waals surface area contributed by atoms with Gasteiger partial charge in [0.15, 0.2) is 0 Å². The van der Waals surface area contributed by atoms with Crippen molar-refractivity contribution in [2.24, 2.45) is 0 Å². The van der Waals surface area contributed by atoms with Crippen molar-refractivity contribution in [1.29, 1.82) is 0 Å². The number of sulfonamides is 1. The molecule has 0 aliphatic carbocycles. The fourth-order valence-corrected chi connectivity index (χ4v) is 3.97. The Bertz CT molecular complexity index is 872. The lowest BCUT2D eigenvalue weighted by Crippen LogP contribution is -2.49. The predicted octanol–water partition coefficient (Wildman–Crippen LogP) is 3.34. The number of hydrogen-bond donors (Lipinski definition) is 1. The minimum absolute atomic E-state index is 0.169. The molecule has 0 heterocycles. The van der Waals surface area contributed by atoms with Crippen molar-refractivity contribution >= 4 is 33.2 Å². The zero-order valence-corrected chi connectivity index (χ0v) is 16.0. The van der Waals surface area contributed by atoms with Gasteiger partial charge in [-0.15, -0.1) is 0 Å². The van der Waals surface area contributed by atoms with Crippen LogP contribution >= 0.6 is 11.6 Å². The van der Waals surface area contributed by atoms with Gasteiger partial charge in [-0.1, -0.05) is 36.7 Å². The van der Waals surface area contributed by atoms with E-state index in [1.165, 1.54) is 18.2 Å². The standard InChI is InChI=1S/C18H20ClFN2O3S/c1-3-17(18(23)21-12-13-7-9-15(20)10-8-13)22(26(2,24)25)16-6-4-5-14(19)11-16/h4-11,17H,3,12H2,1-2H3,(H,21,23). The highest BCUT2D eigenvalue weighted by atomic mass is 35.5. The normalized spacial score (nSPS) is 12.5. The average molecular weight is 399 g/mol. The van der Waals surface area contributed by atoms with Crippen LogP contribution in [0, 0.1) is 5.82 Å². The second-order valence-corrected chi connectivity index (χ2v) is 8.10. The smallest absolute Gasteiger partial charge is 0.244 e. The molecule has 0 aliphatic heterocycles. The lowest BCUT2D eigenvalue weighted by atomic mass is 10.1. The monoisotopic (exact) mass is 398 g/mol. The van der Waals surface area contributed by atoms with Gasteiger partial charge in [0.2, 0.25) is 15.9 Å². The first-order valence-electron chi connectivity index (χ1n) is 7.99. The van der Waals surface area contributed by atoms with E-state index in [1.54, 1.807) is 37.3 Å². The number of rotatable bonds is 7. The van der Waals surface area contributed by atoms with Crippen LogP contribution in [0.15, 0.2) is 48.5 Å². The van der Waals surface area contributed by atoms with Crippen molar-refractivity contribution < 1.29 is 17.6 Å². The first-order valence-corrected chi connectivity index (χ1v) is 10.2. The Morgan fingerprint density at radius 2 is 1.88 bits per heavy atom. The summed E-state index contributed by atoms with van der Waals surface area (Å²) in [6.07, 6.45) is 1.32. The number of nitrogens with one attached hydrogen (secondary N) is 1. The number of benzene rings is 2. The molecule has 1 atom stereocenters. The van der Waals surface area contributed by atoms with E-state index >= 15 is 0 Å². The molecule has 0 radical (unpaired) electrons. The summed E-state index contributed by atoms with van der Waals surface area (Å²) in [6.45, 7) is 1.90. The molecule has 0 aromatic heterocycles. The van der Waals surface area contributed by atoms with Crippen molar-refractivity contribution in [2.75, 3.05) is 10.6 Å². The maximum atomic E-state index is 13.0. The van der Waals surface area contributed by atoms with Crippen molar-refractivity contribution in [2.45, 2.75) is 25.9 Å². The Balaban J connectivity index is 2.23. The Morgan fingerprint density at radius 3 is 2.42 bits per heavy atom. The highest BCUT2D eigenvalue weighted by Crippen LogP contribution is 2.25. The van der Waals surface area contributed by atoms with Gasteiger partial charge >= 0.3 is 0 Å². The summed E-state index contributed by atoms with van der Waals surface area (Å²) in [5.41, 5.74) is 1.03. The van der Waals surface area contributed by atoms with Crippen LogP contribution in [-0.4, -0.2) is 26.6 Å². The van der Waals surface area contributed by atoms with E-state index in [0.29, 0.717) is 16.3 Å². The van der Waals surface area contributed by atoms with Crippen molar-refractivity contribution in [3.63, 3.8) is 0 Å². The van der Waals surface area contributed by atoms with Crippen LogP contribution in [0.25, 0.3) is 0 Å². The van der Waals surface area contributed by atoms with E-state index in [9.17, 15) is 17.6 Å². The van der Waals surface area contributed by atoms with Crippen LogP contribution in [0.3, 0.4) is 0 Å². The minimum atomic E-state index is -3.72. The average Bonchev–Trinajstić information content (AvgIpc) is 2.57. The zero-order chi connectivity index (χ0) is 19.3. The van der Waals surface area contributed by atoms with Crippen LogP contribution < -0.4 is 9.62 Å². The Morgan fingerprint density at radius 1 is 1.23 bits per heavy atom. The molecule has 2 aromatic rings. The molecular weight excluding hydrogens is 379 g/mol. The Labute approximate surface area is 157 Å². The largest absolute Gasteiger partial charge is 0.350 e. The summed E-state index contributed by atoms with van der Waals surface area (Å²) in [5, 5.41) is 3.08. The van der Waals surface area contributed by atoms with E-state index in [2.05, 4.69) is 5.32 Å². The van der Waals surface area contributed by atoms with Crippen LogP contribution in [0.4, 0.5) is 10.1 Å². The molecule has 0 bridgehead atoms. The molecule has 0 saturated heterocycles. The lowest BCUT2D eigenvalue weighted by molar-refractivity contribution is -0.122. The molecule has 1 unspecified atom stereocenters. The van der Waals surface area contributed by atoms with Crippen LogP contribution in [0.1, 0.15) is 18.9 Å². The number of halogens is 2. The second kappa shape index (κ2) is 8.51. The van der Waals surface area contributed by atoms with Gasteiger partial charge in [-0.05, 0) is 42.3 Å². The van der Waals surface area contributed by atoms with E-state index in [0.717, 1.165) is 10.6 Å². The molecule has 0 spiro atoms. The molecule has 0 saturated carbocycles. The molecule has 2 rings (SSSR count). The van der Waals surface area contributed by atoms with Crippen molar-refractivity contribution in [3.05, 3.63) is 64.9 Å². The molecule has 140 valence electrons. The quantitative estimate of drug-likeness (QED) is 0.777. The third-order valence-corrected chi connectivity index (χ3v) is 5.19. The molecular formula is C18H20ClFN2O3S. The summed E-state index contributed by atoms with van der Waals surface area (Å²) in [7, 11) is -3.72. The molecule has 1 N–H and O–H groups in total. The lowest BCUT2D eigenvalue weighted by Gasteiger charge is -2.30. The van der Waals surface area contributed by atoms with Gasteiger partial charge in [0.25, 0.3) is 0 Å². The topological polar surface area (TPSA) is 66.5 Å². The summed E-state index contributed by atoms with van der Waals surface area (Å²) < 4.78 is 38.7. The molecule has 1 amide bonds. The van der Waals surface area contributed by atoms with Gasteiger partial charge < -0.3 is 5.32 Å². The van der Waals surface area contributed by atoms with Crippen LogP contribution in [0.5, 0.6) is 0 Å². The van der Waals surface area contributed by atoms with Crippen LogP contribution in [0.2, 0.25) is 5.02 Å². The summed E-state index contributed by atoms with van der Waals surface area (Å²) in [6, 6.07) is 11.1. The molecule has 0 aliphatic rings. The molecule has 2 aromatic carbocycles. The van der Waals surface area contributed by atoms with Gasteiger partial charge in [-0.2, -0.15) is 0 Å². The summed E-state index contributed by atoms with van der Waals surface area (Å²) >= 11 is 5.97. The number of hydrogen-bond acceptors (Lipinski definition) is 3. The summed E-state index contributed by atoms with van der Waals surface area (Å²) in [4.78, 5) is 12.6.